The Balaban J connectivity index is 3.15. The van der Waals surface area contributed by atoms with Gasteiger partial charge >= 0.3 is 0 Å². The molecular weight excluding hydrogens is 178 g/mol. The summed E-state index contributed by atoms with van der Waals surface area (Å²) in [5.74, 6) is 2.43. The molecule has 0 aromatic heterocycles. The van der Waals surface area contributed by atoms with Crippen molar-refractivity contribution in [1.29, 1.82) is 0 Å². The number of nitrogens with zero attached hydrogens (tertiary/aromatic N) is 1. The predicted octanol–water partition coefficient (Wildman–Crippen LogP) is 2.30. The fourth-order valence-corrected chi connectivity index (χ4v) is 1.85. The van der Waals surface area contributed by atoms with Gasteiger partial charge in [-0.1, -0.05) is 6.92 Å². The molecule has 1 unspecified atom stereocenters. The van der Waals surface area contributed by atoms with E-state index in [1.54, 1.807) is 0 Å². The Kier molecular flexibility index (Phi) is 7.66. The van der Waals surface area contributed by atoms with Crippen molar-refractivity contribution in [2.45, 2.75) is 19.2 Å². The van der Waals surface area contributed by atoms with Gasteiger partial charge in [-0.05, 0) is 19.7 Å². The summed E-state index contributed by atoms with van der Waals surface area (Å²) >= 11 is 7.82. The standard InChI is InChI=1S/C8H18ClNS/c1-4-11-6-5-10(3)7-8(2)9/h8H,4-7H2,1-3H3. The van der Waals surface area contributed by atoms with Crippen LogP contribution in [0, 0.1) is 0 Å². The minimum absolute atomic E-state index is 0.270. The first-order chi connectivity index (χ1) is 5.16. The van der Waals surface area contributed by atoms with Crippen LogP contribution in [0.4, 0.5) is 0 Å². The van der Waals surface area contributed by atoms with Crippen LogP contribution in [0.25, 0.3) is 0 Å². The smallest absolute Gasteiger partial charge is 0.0434 e. The molecule has 3 heteroatoms. The van der Waals surface area contributed by atoms with Crippen LogP contribution in [0.2, 0.25) is 0 Å². The Morgan fingerprint density at radius 3 is 2.64 bits per heavy atom. The zero-order chi connectivity index (χ0) is 8.69. The van der Waals surface area contributed by atoms with Gasteiger partial charge in [-0.15, -0.1) is 11.6 Å². The SMILES string of the molecule is CCSCCN(C)CC(C)Cl. The van der Waals surface area contributed by atoms with Crippen LogP contribution in [-0.4, -0.2) is 41.9 Å². The monoisotopic (exact) mass is 195 g/mol. The summed E-state index contributed by atoms with van der Waals surface area (Å²) in [5, 5.41) is 0.270. The van der Waals surface area contributed by atoms with Crippen molar-refractivity contribution < 1.29 is 0 Å². The first-order valence-corrected chi connectivity index (χ1v) is 5.66. The average Bonchev–Trinajstić information content (AvgIpc) is 1.86. The lowest BCUT2D eigenvalue weighted by Gasteiger charge is -2.16. The number of hydrogen-bond acceptors (Lipinski definition) is 2. The van der Waals surface area contributed by atoms with Gasteiger partial charge in [-0.25, -0.2) is 0 Å². The lowest BCUT2D eigenvalue weighted by molar-refractivity contribution is 0.359. The summed E-state index contributed by atoms with van der Waals surface area (Å²) in [4.78, 5) is 2.28. The Hall–Kier alpha value is 0.600. The van der Waals surface area contributed by atoms with Gasteiger partial charge in [-0.2, -0.15) is 11.8 Å². The molecule has 0 amide bonds. The minimum atomic E-state index is 0.270. The summed E-state index contributed by atoms with van der Waals surface area (Å²) < 4.78 is 0. The molecule has 0 radical (unpaired) electrons. The third kappa shape index (κ3) is 8.51. The van der Waals surface area contributed by atoms with Crippen LogP contribution in [0.5, 0.6) is 0 Å². The molecule has 0 bridgehead atoms. The fourth-order valence-electron chi connectivity index (χ4n) is 0.885. The molecule has 0 saturated carbocycles. The van der Waals surface area contributed by atoms with Crippen molar-refractivity contribution in [3.63, 3.8) is 0 Å². The van der Waals surface area contributed by atoms with E-state index in [1.807, 2.05) is 18.7 Å². The summed E-state index contributed by atoms with van der Waals surface area (Å²) in [6, 6.07) is 0. The molecule has 0 N–H and O–H groups in total. The van der Waals surface area contributed by atoms with E-state index in [2.05, 4.69) is 18.9 Å². The maximum atomic E-state index is 5.84. The van der Waals surface area contributed by atoms with Crippen molar-refractivity contribution in [2.24, 2.45) is 0 Å². The van der Waals surface area contributed by atoms with E-state index in [4.69, 9.17) is 11.6 Å². The number of thioether (sulfide) groups is 1. The highest BCUT2D eigenvalue weighted by Crippen LogP contribution is 2.01. The molecule has 68 valence electrons. The molecule has 0 aromatic carbocycles. The van der Waals surface area contributed by atoms with E-state index in [-0.39, 0.29) is 5.38 Å². The van der Waals surface area contributed by atoms with E-state index in [0.29, 0.717) is 0 Å². The van der Waals surface area contributed by atoms with E-state index >= 15 is 0 Å². The second-order valence-electron chi connectivity index (χ2n) is 2.74. The molecule has 0 rings (SSSR count). The number of halogens is 1. The zero-order valence-corrected chi connectivity index (χ0v) is 9.21. The summed E-state index contributed by atoms with van der Waals surface area (Å²) in [6.45, 7) is 6.36. The molecule has 0 spiro atoms. The molecule has 0 saturated heterocycles. The lowest BCUT2D eigenvalue weighted by Crippen LogP contribution is -2.26. The van der Waals surface area contributed by atoms with Gasteiger partial charge in [0.25, 0.3) is 0 Å². The summed E-state index contributed by atoms with van der Waals surface area (Å²) in [7, 11) is 2.12. The molecule has 0 aliphatic rings. The Morgan fingerprint density at radius 1 is 1.55 bits per heavy atom. The van der Waals surface area contributed by atoms with E-state index < -0.39 is 0 Å². The van der Waals surface area contributed by atoms with Crippen LogP contribution >= 0.6 is 23.4 Å². The average molecular weight is 196 g/mol. The van der Waals surface area contributed by atoms with Gasteiger partial charge in [0.05, 0.1) is 0 Å². The molecule has 0 aromatic rings. The van der Waals surface area contributed by atoms with Crippen LogP contribution in [-0.2, 0) is 0 Å². The van der Waals surface area contributed by atoms with Crippen LogP contribution in [0.15, 0.2) is 0 Å². The van der Waals surface area contributed by atoms with E-state index in [1.165, 1.54) is 11.5 Å². The molecule has 0 heterocycles. The second kappa shape index (κ2) is 7.26. The second-order valence-corrected chi connectivity index (χ2v) is 4.88. The molecule has 0 aliphatic heterocycles. The van der Waals surface area contributed by atoms with Gasteiger partial charge in [0.2, 0.25) is 0 Å². The lowest BCUT2D eigenvalue weighted by atomic mass is 10.4. The van der Waals surface area contributed by atoms with Gasteiger partial charge in [0.1, 0.15) is 0 Å². The van der Waals surface area contributed by atoms with Crippen LogP contribution in [0.1, 0.15) is 13.8 Å². The molecule has 11 heavy (non-hydrogen) atoms. The molecule has 1 atom stereocenters. The summed E-state index contributed by atoms with van der Waals surface area (Å²) in [6.07, 6.45) is 0. The zero-order valence-electron chi connectivity index (χ0n) is 7.64. The number of alkyl halides is 1. The largest absolute Gasteiger partial charge is 0.304 e. The molecular formula is C8H18ClNS. The first-order valence-electron chi connectivity index (χ1n) is 4.07. The quantitative estimate of drug-likeness (QED) is 0.473. The highest BCUT2D eigenvalue weighted by atomic mass is 35.5. The molecule has 0 fully saturated rings. The highest BCUT2D eigenvalue weighted by molar-refractivity contribution is 7.99. The maximum Gasteiger partial charge on any atom is 0.0434 e. The van der Waals surface area contributed by atoms with Gasteiger partial charge in [0, 0.05) is 24.2 Å². The minimum Gasteiger partial charge on any atom is -0.304 e. The molecule has 0 aliphatic carbocycles. The van der Waals surface area contributed by atoms with Crippen molar-refractivity contribution in [1.82, 2.24) is 4.90 Å². The number of rotatable bonds is 6. The predicted molar refractivity (Wildman–Crippen MR) is 55.8 cm³/mol. The van der Waals surface area contributed by atoms with Crippen molar-refractivity contribution in [3.8, 4) is 0 Å². The third-order valence-electron chi connectivity index (χ3n) is 1.38. The third-order valence-corrected chi connectivity index (χ3v) is 2.40. The normalized spacial score (nSPS) is 13.9. The Morgan fingerprint density at radius 2 is 2.18 bits per heavy atom. The summed E-state index contributed by atoms with van der Waals surface area (Å²) in [5.41, 5.74) is 0. The topological polar surface area (TPSA) is 3.24 Å². The van der Waals surface area contributed by atoms with E-state index in [0.717, 1.165) is 13.1 Å². The van der Waals surface area contributed by atoms with Gasteiger partial charge in [-0.3, -0.25) is 0 Å². The van der Waals surface area contributed by atoms with Gasteiger partial charge < -0.3 is 4.90 Å². The highest BCUT2D eigenvalue weighted by Gasteiger charge is 2.01. The van der Waals surface area contributed by atoms with Crippen molar-refractivity contribution >= 4 is 23.4 Å². The van der Waals surface area contributed by atoms with Gasteiger partial charge in [0.15, 0.2) is 0 Å². The Bertz CT molecular complexity index is 88.2. The van der Waals surface area contributed by atoms with Crippen molar-refractivity contribution in [3.05, 3.63) is 0 Å². The molecule has 1 nitrogen and oxygen atoms in total. The van der Waals surface area contributed by atoms with Crippen molar-refractivity contribution in [2.75, 3.05) is 31.6 Å². The Labute approximate surface area is 79.5 Å². The number of hydrogen-bond donors (Lipinski definition) is 0. The van der Waals surface area contributed by atoms with Crippen LogP contribution in [0.3, 0.4) is 0 Å². The maximum absolute atomic E-state index is 5.84. The first kappa shape index (κ1) is 11.6. The van der Waals surface area contributed by atoms with E-state index in [9.17, 15) is 0 Å². The van der Waals surface area contributed by atoms with Crippen LogP contribution < -0.4 is 0 Å². The fraction of sp³-hybridized carbons (Fsp3) is 1.00.